The molecule has 2 heterocycles. The number of aryl methyl sites for hydroxylation is 1. The minimum atomic E-state index is -4.27. The number of amides is 1. The van der Waals surface area contributed by atoms with E-state index in [1.807, 2.05) is 34.7 Å². The van der Waals surface area contributed by atoms with Crippen molar-refractivity contribution in [1.82, 2.24) is 19.4 Å². The van der Waals surface area contributed by atoms with Gasteiger partial charge in [-0.1, -0.05) is 39.8 Å². The Balaban J connectivity index is 0.00000432. The van der Waals surface area contributed by atoms with Crippen LogP contribution in [0.1, 0.15) is 80.7 Å². The number of halogens is 1. The van der Waals surface area contributed by atoms with Crippen molar-refractivity contribution in [2.75, 3.05) is 13.6 Å². The third-order valence-electron chi connectivity index (χ3n) is 6.33. The average molecular weight is 516 g/mol. The Morgan fingerprint density at radius 1 is 1.20 bits per heavy atom. The van der Waals surface area contributed by atoms with E-state index in [2.05, 4.69) is 19.4 Å². The predicted molar refractivity (Wildman–Crippen MR) is 130 cm³/mol. The first-order chi connectivity index (χ1) is 15.9. The van der Waals surface area contributed by atoms with Gasteiger partial charge in [-0.15, -0.1) is 0 Å². The van der Waals surface area contributed by atoms with Crippen molar-refractivity contribution in [2.24, 2.45) is 7.05 Å². The molecule has 1 N–H and O–H groups in total. The van der Waals surface area contributed by atoms with E-state index in [9.17, 15) is 17.6 Å². The molecule has 0 radical (unpaired) electrons. The maximum Gasteiger partial charge on any atom is 1.00 e. The Hall–Kier alpha value is -1.30. The van der Waals surface area contributed by atoms with Gasteiger partial charge >= 0.3 is 29.6 Å². The van der Waals surface area contributed by atoms with Gasteiger partial charge in [-0.25, -0.2) is 17.5 Å². The quantitative estimate of drug-likeness (QED) is 0.501. The SMILES string of the molecule is CC(C)c1cc(CC(=O)[N-]S(=O)(=O)NC(c2cnn(C)c2)[C@@H]2CCCN2C)cc(C(C)C)c1F.[Na+]. The van der Waals surface area contributed by atoms with Crippen molar-refractivity contribution in [2.45, 2.75) is 70.9 Å². The average Bonchev–Trinajstić information content (AvgIpc) is 3.34. The van der Waals surface area contributed by atoms with Gasteiger partial charge in [0.15, 0.2) is 10.2 Å². The summed E-state index contributed by atoms with van der Waals surface area (Å²) >= 11 is 0. The van der Waals surface area contributed by atoms with Crippen LogP contribution >= 0.6 is 0 Å². The number of likely N-dealkylation sites (N-methyl/N-ethyl adjacent to an activating group) is 1. The molecule has 0 saturated carbocycles. The van der Waals surface area contributed by atoms with E-state index in [-0.39, 0.29) is 59.7 Å². The normalized spacial score (nSPS) is 17.6. The molecular formula is C24H35FN5NaO3S. The largest absolute Gasteiger partial charge is 1.00 e. The summed E-state index contributed by atoms with van der Waals surface area (Å²) in [4.78, 5) is 14.8. The molecule has 2 aromatic rings. The molecule has 1 amide bonds. The Bertz CT molecular complexity index is 1110. The molecule has 11 heteroatoms. The third kappa shape index (κ3) is 7.60. The summed E-state index contributed by atoms with van der Waals surface area (Å²) in [5.41, 5.74) is 2.29. The topological polar surface area (TPSA) is 98.4 Å². The van der Waals surface area contributed by atoms with Crippen LogP contribution < -0.4 is 34.3 Å². The zero-order chi connectivity index (χ0) is 25.2. The first-order valence-corrected chi connectivity index (χ1v) is 13.1. The van der Waals surface area contributed by atoms with Crippen LogP contribution in [0, 0.1) is 5.82 Å². The number of hydrogen-bond donors (Lipinski definition) is 1. The fourth-order valence-electron chi connectivity index (χ4n) is 4.53. The number of nitrogens with zero attached hydrogens (tertiary/aromatic N) is 4. The molecule has 8 nitrogen and oxygen atoms in total. The molecule has 0 bridgehead atoms. The maximum absolute atomic E-state index is 14.8. The van der Waals surface area contributed by atoms with Crippen LogP contribution in [-0.4, -0.2) is 48.6 Å². The second kappa shape index (κ2) is 12.3. The second-order valence-corrected chi connectivity index (χ2v) is 11.1. The molecule has 1 unspecified atom stereocenters. The summed E-state index contributed by atoms with van der Waals surface area (Å²) in [5.74, 6) is -1.21. The predicted octanol–water partition coefficient (Wildman–Crippen LogP) is 0.923. The van der Waals surface area contributed by atoms with E-state index in [1.54, 1.807) is 36.3 Å². The summed E-state index contributed by atoms with van der Waals surface area (Å²) in [5, 5.41) is 4.17. The van der Waals surface area contributed by atoms with E-state index in [4.69, 9.17) is 0 Å². The van der Waals surface area contributed by atoms with Crippen LogP contribution in [0.15, 0.2) is 24.5 Å². The molecule has 1 aromatic heterocycles. The van der Waals surface area contributed by atoms with Gasteiger partial charge in [-0.2, -0.15) is 5.10 Å². The van der Waals surface area contributed by atoms with E-state index in [1.165, 1.54) is 0 Å². The minimum absolute atomic E-state index is 0. The van der Waals surface area contributed by atoms with Crippen LogP contribution in [-0.2, 0) is 28.5 Å². The van der Waals surface area contributed by atoms with E-state index in [0.29, 0.717) is 22.3 Å². The molecule has 2 atom stereocenters. The van der Waals surface area contributed by atoms with Crippen LogP contribution in [0.2, 0.25) is 0 Å². The second-order valence-electron chi connectivity index (χ2n) is 9.77. The van der Waals surface area contributed by atoms with E-state index >= 15 is 0 Å². The Labute approximate surface area is 230 Å². The fraction of sp³-hybridized carbons (Fsp3) is 0.583. The molecule has 1 aromatic carbocycles. The van der Waals surface area contributed by atoms with Crippen LogP contribution in [0.5, 0.6) is 0 Å². The Morgan fingerprint density at radius 2 is 1.80 bits per heavy atom. The molecule has 188 valence electrons. The van der Waals surface area contributed by atoms with Crippen molar-refractivity contribution >= 4 is 16.1 Å². The molecular weight excluding hydrogens is 480 g/mol. The van der Waals surface area contributed by atoms with Crippen molar-refractivity contribution in [3.8, 4) is 0 Å². The van der Waals surface area contributed by atoms with Gasteiger partial charge in [0.05, 0.1) is 18.1 Å². The fourth-order valence-corrected chi connectivity index (χ4v) is 5.53. The molecule has 0 spiro atoms. The van der Waals surface area contributed by atoms with Crippen LogP contribution in [0.25, 0.3) is 4.72 Å². The van der Waals surface area contributed by atoms with E-state index in [0.717, 1.165) is 19.4 Å². The maximum atomic E-state index is 14.8. The number of rotatable bonds is 9. The van der Waals surface area contributed by atoms with Crippen molar-refractivity contribution in [1.29, 1.82) is 0 Å². The molecule has 35 heavy (non-hydrogen) atoms. The molecule has 3 rings (SSSR count). The van der Waals surface area contributed by atoms with Gasteiger partial charge < -0.3 is 14.4 Å². The number of likely N-dealkylation sites (tertiary alicyclic amines) is 1. The molecule has 0 aliphatic carbocycles. The van der Waals surface area contributed by atoms with Gasteiger partial charge in [-0.05, 0) is 55.0 Å². The summed E-state index contributed by atoms with van der Waals surface area (Å²) in [6.45, 7) is 8.38. The zero-order valence-corrected chi connectivity index (χ0v) is 24.6. The van der Waals surface area contributed by atoms with Crippen molar-refractivity contribution < 1.29 is 47.2 Å². The number of carbonyl (C=O) groups is 1. The van der Waals surface area contributed by atoms with Gasteiger partial charge in [0.25, 0.3) is 0 Å². The molecule has 1 fully saturated rings. The van der Waals surface area contributed by atoms with Crippen LogP contribution in [0.4, 0.5) is 4.39 Å². The third-order valence-corrected chi connectivity index (χ3v) is 7.33. The van der Waals surface area contributed by atoms with Crippen molar-refractivity contribution in [3.63, 3.8) is 0 Å². The van der Waals surface area contributed by atoms with Gasteiger partial charge in [0, 0.05) is 31.3 Å². The first kappa shape index (κ1) is 29.9. The number of hydrogen-bond acceptors (Lipinski definition) is 5. The summed E-state index contributed by atoms with van der Waals surface area (Å²) in [6.07, 6.45) is 4.94. The summed E-state index contributed by atoms with van der Waals surface area (Å²) in [7, 11) is -0.559. The smallest absolute Gasteiger partial charge is 0.533 e. The zero-order valence-electron chi connectivity index (χ0n) is 21.7. The Morgan fingerprint density at radius 3 is 2.26 bits per heavy atom. The first-order valence-electron chi connectivity index (χ1n) is 11.7. The number of aromatic nitrogens is 2. The van der Waals surface area contributed by atoms with Gasteiger partial charge in [0.1, 0.15) is 5.82 Å². The minimum Gasteiger partial charge on any atom is -0.533 e. The van der Waals surface area contributed by atoms with Gasteiger partial charge in [-0.3, -0.25) is 4.68 Å². The van der Waals surface area contributed by atoms with E-state index < -0.39 is 22.2 Å². The summed E-state index contributed by atoms with van der Waals surface area (Å²) in [6, 6.07) is 2.62. The standard InChI is InChI=1S/C24H36FN5O3S.Na/c1-15(2)19-10-17(11-20(16(3)4)23(19)25)12-22(31)27-34(32,33)28-24(18-13-26-30(6)14-18)21-8-7-9-29(21)5;/h10-11,13-16,21,24,28H,7-9,12H2,1-6H3,(H,27,31);/q;+1/p-1/t21-,24?;/m0./s1. The Kier molecular flexibility index (Phi) is 10.5. The van der Waals surface area contributed by atoms with Crippen LogP contribution in [0.3, 0.4) is 0 Å². The molecule has 1 aliphatic heterocycles. The molecule has 1 saturated heterocycles. The number of nitrogens with one attached hydrogen (secondary N) is 1. The van der Waals surface area contributed by atoms with Crippen molar-refractivity contribution in [3.05, 3.63) is 57.3 Å². The monoisotopic (exact) mass is 515 g/mol. The summed E-state index contributed by atoms with van der Waals surface area (Å²) < 4.78 is 48.3. The number of carbonyl (C=O) groups excluding carboxylic acids is 1. The molecule has 1 aliphatic rings. The van der Waals surface area contributed by atoms with Gasteiger partial charge in [0.2, 0.25) is 0 Å². The number of benzene rings is 1.